The van der Waals surface area contributed by atoms with Gasteiger partial charge < -0.3 is 10.2 Å². The summed E-state index contributed by atoms with van der Waals surface area (Å²) in [6.45, 7) is 3.82. The zero-order valence-corrected chi connectivity index (χ0v) is 14.7. The third kappa shape index (κ3) is 4.01. The Balaban J connectivity index is 1.28. The van der Waals surface area contributed by atoms with Gasteiger partial charge in [0.25, 0.3) is 0 Å². The summed E-state index contributed by atoms with van der Waals surface area (Å²) in [6.07, 6.45) is 6.00. The van der Waals surface area contributed by atoms with Crippen LogP contribution < -0.4 is 10.2 Å². The summed E-state index contributed by atoms with van der Waals surface area (Å²) in [5.41, 5.74) is 4.68. The number of nitrogens with zero attached hydrogens (tertiary/aromatic N) is 2. The first-order valence-corrected chi connectivity index (χ1v) is 9.23. The number of hydrogen-bond acceptors (Lipinski definition) is 3. The van der Waals surface area contributed by atoms with Gasteiger partial charge in [-0.05, 0) is 55.4 Å². The molecule has 1 saturated heterocycles. The number of benzene rings is 1. The molecule has 2 aliphatic rings. The van der Waals surface area contributed by atoms with Crippen molar-refractivity contribution in [3.8, 4) is 0 Å². The molecule has 1 aromatic heterocycles. The van der Waals surface area contributed by atoms with Gasteiger partial charge in [-0.25, -0.2) is 0 Å². The highest BCUT2D eigenvalue weighted by Crippen LogP contribution is 2.39. The van der Waals surface area contributed by atoms with Crippen LogP contribution in [0.15, 0.2) is 42.6 Å². The number of aromatic nitrogens is 1. The first-order chi connectivity index (χ1) is 12.2. The van der Waals surface area contributed by atoms with Crippen molar-refractivity contribution >= 4 is 11.6 Å². The average Bonchev–Trinajstić information content (AvgIpc) is 3.36. The van der Waals surface area contributed by atoms with Crippen molar-refractivity contribution in [2.75, 3.05) is 18.0 Å². The Morgan fingerprint density at radius 2 is 1.96 bits per heavy atom. The highest BCUT2D eigenvalue weighted by atomic mass is 16.1. The zero-order valence-electron chi connectivity index (χ0n) is 14.7. The Hall–Kier alpha value is -2.36. The van der Waals surface area contributed by atoms with Gasteiger partial charge in [-0.15, -0.1) is 0 Å². The maximum absolute atomic E-state index is 12.3. The first kappa shape index (κ1) is 16.1. The predicted molar refractivity (Wildman–Crippen MR) is 99.9 cm³/mol. The van der Waals surface area contributed by atoms with Crippen LogP contribution >= 0.6 is 0 Å². The van der Waals surface area contributed by atoms with E-state index in [1.54, 1.807) is 0 Å². The minimum Gasteiger partial charge on any atom is -0.368 e. The van der Waals surface area contributed by atoms with Gasteiger partial charge in [-0.2, -0.15) is 0 Å². The highest BCUT2D eigenvalue weighted by Gasteiger charge is 2.25. The Labute approximate surface area is 149 Å². The van der Waals surface area contributed by atoms with Crippen molar-refractivity contribution in [1.82, 2.24) is 10.3 Å². The molecule has 1 aliphatic carbocycles. The summed E-state index contributed by atoms with van der Waals surface area (Å²) in [6, 6.07) is 12.9. The number of hydrogen-bond donors (Lipinski definition) is 1. The number of carbonyl (C=O) groups is 1. The van der Waals surface area contributed by atoms with Gasteiger partial charge in [-0.1, -0.05) is 24.3 Å². The number of rotatable bonds is 5. The van der Waals surface area contributed by atoms with E-state index in [9.17, 15) is 4.79 Å². The number of carbonyl (C=O) groups excluding carboxylic acids is 1. The van der Waals surface area contributed by atoms with Gasteiger partial charge in [0.2, 0.25) is 5.91 Å². The lowest BCUT2D eigenvalue weighted by Gasteiger charge is -2.18. The predicted octanol–water partition coefficient (Wildman–Crippen LogP) is 3.21. The molecular weight excluding hydrogens is 310 g/mol. The molecule has 25 heavy (non-hydrogen) atoms. The number of nitrogens with one attached hydrogen (secondary N) is 1. The molecule has 1 amide bonds. The molecule has 2 heterocycles. The maximum atomic E-state index is 12.3. The molecule has 0 unspecified atom stereocenters. The van der Waals surface area contributed by atoms with Gasteiger partial charge in [-0.3, -0.25) is 9.78 Å². The summed E-state index contributed by atoms with van der Waals surface area (Å²) in [5, 5.41) is 3.19. The molecule has 130 valence electrons. The molecule has 2 fully saturated rings. The van der Waals surface area contributed by atoms with E-state index in [1.165, 1.54) is 18.4 Å². The standard InChI is InChI=1S/C21H25N3O/c1-15-2-9-20(13-22-15)24-11-10-19(14-24)23-21(25)12-16-3-5-17(6-4-16)18-7-8-18/h2-6,9,13,18-19H,7-8,10-12,14H2,1H3,(H,23,25)/t19-/m1/s1. The summed E-state index contributed by atoms with van der Waals surface area (Å²) in [4.78, 5) is 19.0. The van der Waals surface area contributed by atoms with Crippen LogP contribution in [0.4, 0.5) is 5.69 Å². The van der Waals surface area contributed by atoms with Gasteiger partial charge in [0, 0.05) is 24.8 Å². The van der Waals surface area contributed by atoms with Gasteiger partial charge in [0.15, 0.2) is 0 Å². The summed E-state index contributed by atoms with van der Waals surface area (Å²) in [7, 11) is 0. The number of amides is 1. The largest absolute Gasteiger partial charge is 0.368 e. The third-order valence-electron chi connectivity index (χ3n) is 5.21. The van der Waals surface area contributed by atoms with Gasteiger partial charge in [0.1, 0.15) is 0 Å². The molecule has 4 rings (SSSR count). The molecule has 2 aromatic rings. The first-order valence-electron chi connectivity index (χ1n) is 9.23. The van der Waals surface area contributed by atoms with Crippen LogP contribution in [0, 0.1) is 6.92 Å². The van der Waals surface area contributed by atoms with Gasteiger partial charge in [0.05, 0.1) is 18.3 Å². The summed E-state index contributed by atoms with van der Waals surface area (Å²) < 4.78 is 0. The van der Waals surface area contributed by atoms with Crippen LogP contribution in [0.2, 0.25) is 0 Å². The fourth-order valence-electron chi connectivity index (χ4n) is 3.55. The lowest BCUT2D eigenvalue weighted by atomic mass is 10.1. The smallest absolute Gasteiger partial charge is 0.224 e. The molecule has 4 heteroatoms. The van der Waals surface area contributed by atoms with E-state index in [1.807, 2.05) is 19.2 Å². The number of anilines is 1. The van der Waals surface area contributed by atoms with E-state index in [4.69, 9.17) is 0 Å². The van der Waals surface area contributed by atoms with Crippen LogP contribution in [-0.2, 0) is 11.2 Å². The lowest BCUT2D eigenvalue weighted by Crippen LogP contribution is -2.38. The average molecular weight is 335 g/mol. The fraction of sp³-hybridized carbons (Fsp3) is 0.429. The third-order valence-corrected chi connectivity index (χ3v) is 5.21. The molecule has 0 radical (unpaired) electrons. The minimum atomic E-state index is 0.119. The Bertz CT molecular complexity index is 735. The molecule has 1 aromatic carbocycles. The van der Waals surface area contributed by atoms with Crippen LogP contribution in [0.5, 0.6) is 0 Å². The molecular formula is C21H25N3O. The molecule has 1 saturated carbocycles. The summed E-state index contributed by atoms with van der Waals surface area (Å²) in [5.74, 6) is 0.886. The molecule has 0 bridgehead atoms. The maximum Gasteiger partial charge on any atom is 0.224 e. The number of pyridine rings is 1. The van der Waals surface area contributed by atoms with Crippen molar-refractivity contribution in [3.63, 3.8) is 0 Å². The topological polar surface area (TPSA) is 45.2 Å². The molecule has 0 spiro atoms. The number of aryl methyl sites for hydroxylation is 1. The van der Waals surface area contributed by atoms with E-state index < -0.39 is 0 Å². The van der Waals surface area contributed by atoms with Crippen LogP contribution in [0.3, 0.4) is 0 Å². The zero-order chi connectivity index (χ0) is 17.2. The SMILES string of the molecule is Cc1ccc(N2CC[C@@H](NC(=O)Cc3ccc(C4CC4)cc3)C2)cn1. The van der Waals surface area contributed by atoms with Crippen molar-refractivity contribution in [1.29, 1.82) is 0 Å². The molecule has 1 atom stereocenters. The van der Waals surface area contributed by atoms with E-state index in [2.05, 4.69) is 45.5 Å². The van der Waals surface area contributed by atoms with Crippen LogP contribution in [-0.4, -0.2) is 30.0 Å². The van der Waals surface area contributed by atoms with Crippen molar-refractivity contribution in [3.05, 3.63) is 59.4 Å². The quantitative estimate of drug-likeness (QED) is 0.912. The normalized spacial score (nSPS) is 19.9. The fourth-order valence-corrected chi connectivity index (χ4v) is 3.55. The van der Waals surface area contributed by atoms with Crippen molar-refractivity contribution in [2.45, 2.75) is 44.6 Å². The monoisotopic (exact) mass is 335 g/mol. The Kier molecular flexibility index (Phi) is 4.43. The highest BCUT2D eigenvalue weighted by molar-refractivity contribution is 5.79. The van der Waals surface area contributed by atoms with Crippen molar-refractivity contribution < 1.29 is 4.79 Å². The minimum absolute atomic E-state index is 0.119. The van der Waals surface area contributed by atoms with E-state index in [0.29, 0.717) is 6.42 Å². The van der Waals surface area contributed by atoms with Gasteiger partial charge >= 0.3 is 0 Å². The van der Waals surface area contributed by atoms with E-state index >= 15 is 0 Å². The van der Waals surface area contributed by atoms with Crippen molar-refractivity contribution in [2.24, 2.45) is 0 Å². The molecule has 4 nitrogen and oxygen atoms in total. The Morgan fingerprint density at radius 3 is 2.64 bits per heavy atom. The second kappa shape index (κ2) is 6.87. The molecule has 1 aliphatic heterocycles. The van der Waals surface area contributed by atoms with Crippen LogP contribution in [0.25, 0.3) is 0 Å². The van der Waals surface area contributed by atoms with Crippen LogP contribution in [0.1, 0.15) is 42.0 Å². The Morgan fingerprint density at radius 1 is 1.16 bits per heavy atom. The molecule has 1 N–H and O–H groups in total. The lowest BCUT2D eigenvalue weighted by molar-refractivity contribution is -0.121. The van der Waals surface area contributed by atoms with E-state index in [-0.39, 0.29) is 11.9 Å². The second-order valence-corrected chi connectivity index (χ2v) is 7.35. The van der Waals surface area contributed by atoms with E-state index in [0.717, 1.165) is 42.4 Å². The summed E-state index contributed by atoms with van der Waals surface area (Å²) >= 11 is 0. The second-order valence-electron chi connectivity index (χ2n) is 7.35.